The summed E-state index contributed by atoms with van der Waals surface area (Å²) in [5.41, 5.74) is 0. The van der Waals surface area contributed by atoms with Crippen molar-refractivity contribution >= 4 is 11.8 Å². The predicted octanol–water partition coefficient (Wildman–Crippen LogP) is 2.61. The Morgan fingerprint density at radius 1 is 1.26 bits per heavy atom. The van der Waals surface area contributed by atoms with Gasteiger partial charge in [-0.2, -0.15) is 0 Å². The number of aliphatic imine (C=N–C) groups is 1. The van der Waals surface area contributed by atoms with Crippen molar-refractivity contribution < 1.29 is 0 Å². The summed E-state index contributed by atoms with van der Waals surface area (Å²) in [5.74, 6) is 2.90. The highest BCUT2D eigenvalue weighted by molar-refractivity contribution is 5.80. The second-order valence-corrected chi connectivity index (χ2v) is 6.43. The molecule has 1 N–H and O–H groups in total. The molecule has 0 unspecified atom stereocenters. The standard InChI is InChI=1S/C18H31N5/c1-4-19-18(21-11-7-8-16(2)3)23-14-12-22(13-15-23)17-9-5-6-10-20-17/h5-6,9-10,16H,4,7-8,11-15H2,1-3H3,(H,19,21). The van der Waals surface area contributed by atoms with Gasteiger partial charge < -0.3 is 15.1 Å². The largest absolute Gasteiger partial charge is 0.357 e. The maximum absolute atomic E-state index is 4.80. The van der Waals surface area contributed by atoms with Crippen LogP contribution in [0, 0.1) is 5.92 Å². The predicted molar refractivity (Wildman–Crippen MR) is 98.1 cm³/mol. The number of anilines is 1. The van der Waals surface area contributed by atoms with Crippen LogP contribution in [0.1, 0.15) is 33.6 Å². The zero-order chi connectivity index (χ0) is 16.5. The van der Waals surface area contributed by atoms with E-state index in [1.807, 2.05) is 12.3 Å². The van der Waals surface area contributed by atoms with E-state index in [9.17, 15) is 0 Å². The van der Waals surface area contributed by atoms with Crippen LogP contribution in [0.5, 0.6) is 0 Å². The Labute approximate surface area is 140 Å². The van der Waals surface area contributed by atoms with E-state index in [0.717, 1.165) is 57.0 Å². The molecule has 1 aliphatic rings. The molecule has 0 aliphatic carbocycles. The highest BCUT2D eigenvalue weighted by Gasteiger charge is 2.20. The quantitative estimate of drug-likeness (QED) is 0.498. The average Bonchev–Trinajstić information content (AvgIpc) is 2.58. The zero-order valence-electron chi connectivity index (χ0n) is 14.8. The van der Waals surface area contributed by atoms with Crippen molar-refractivity contribution in [1.29, 1.82) is 0 Å². The lowest BCUT2D eigenvalue weighted by Gasteiger charge is -2.37. The summed E-state index contributed by atoms with van der Waals surface area (Å²) < 4.78 is 0. The first-order valence-corrected chi connectivity index (χ1v) is 8.90. The van der Waals surface area contributed by atoms with Gasteiger partial charge in [0.15, 0.2) is 5.96 Å². The Hall–Kier alpha value is -1.78. The van der Waals surface area contributed by atoms with Crippen LogP contribution < -0.4 is 10.2 Å². The molecule has 0 atom stereocenters. The molecule has 1 aliphatic heterocycles. The van der Waals surface area contributed by atoms with Gasteiger partial charge in [0, 0.05) is 45.5 Å². The van der Waals surface area contributed by atoms with Gasteiger partial charge in [-0.1, -0.05) is 19.9 Å². The fourth-order valence-electron chi connectivity index (χ4n) is 2.80. The fraction of sp³-hybridized carbons (Fsp3) is 0.667. The molecule has 128 valence electrons. The van der Waals surface area contributed by atoms with Crippen LogP contribution in [-0.4, -0.2) is 55.1 Å². The van der Waals surface area contributed by atoms with Gasteiger partial charge in [0.25, 0.3) is 0 Å². The molecule has 0 spiro atoms. The average molecular weight is 317 g/mol. The molecular formula is C18H31N5. The second kappa shape index (κ2) is 9.38. The number of hydrogen-bond acceptors (Lipinski definition) is 3. The SMILES string of the molecule is CCNC(=NCCCC(C)C)N1CCN(c2ccccn2)CC1. The molecule has 1 aromatic rings. The minimum atomic E-state index is 0.759. The minimum Gasteiger partial charge on any atom is -0.357 e. The van der Waals surface area contributed by atoms with Gasteiger partial charge in [-0.3, -0.25) is 4.99 Å². The van der Waals surface area contributed by atoms with E-state index in [1.54, 1.807) is 0 Å². The lowest BCUT2D eigenvalue weighted by atomic mass is 10.1. The highest BCUT2D eigenvalue weighted by atomic mass is 15.4. The van der Waals surface area contributed by atoms with Crippen molar-refractivity contribution in [2.24, 2.45) is 10.9 Å². The van der Waals surface area contributed by atoms with E-state index in [4.69, 9.17) is 4.99 Å². The molecule has 5 nitrogen and oxygen atoms in total. The van der Waals surface area contributed by atoms with E-state index in [0.29, 0.717) is 0 Å². The first-order valence-electron chi connectivity index (χ1n) is 8.90. The minimum absolute atomic E-state index is 0.759. The molecule has 5 heteroatoms. The van der Waals surface area contributed by atoms with E-state index in [1.165, 1.54) is 12.8 Å². The lowest BCUT2D eigenvalue weighted by Crippen LogP contribution is -2.52. The van der Waals surface area contributed by atoms with Gasteiger partial charge in [-0.15, -0.1) is 0 Å². The van der Waals surface area contributed by atoms with Crippen molar-refractivity contribution in [2.75, 3.05) is 44.2 Å². The summed E-state index contributed by atoms with van der Waals surface area (Å²) >= 11 is 0. The number of piperazine rings is 1. The molecule has 1 aromatic heterocycles. The lowest BCUT2D eigenvalue weighted by molar-refractivity contribution is 0.371. The molecule has 0 aromatic carbocycles. The summed E-state index contributed by atoms with van der Waals surface area (Å²) in [6.45, 7) is 12.5. The molecule has 1 saturated heterocycles. The molecule has 0 bridgehead atoms. The molecule has 2 heterocycles. The number of rotatable bonds is 6. The monoisotopic (exact) mass is 317 g/mol. The van der Waals surface area contributed by atoms with Crippen LogP contribution in [0.4, 0.5) is 5.82 Å². The number of pyridine rings is 1. The number of nitrogens with zero attached hydrogens (tertiary/aromatic N) is 4. The second-order valence-electron chi connectivity index (χ2n) is 6.43. The summed E-state index contributed by atoms with van der Waals surface area (Å²) in [6, 6.07) is 6.10. The summed E-state index contributed by atoms with van der Waals surface area (Å²) in [6.07, 6.45) is 4.28. The van der Waals surface area contributed by atoms with Gasteiger partial charge in [0.2, 0.25) is 0 Å². The topological polar surface area (TPSA) is 43.8 Å². The summed E-state index contributed by atoms with van der Waals surface area (Å²) in [4.78, 5) is 14.0. The number of aromatic nitrogens is 1. The third-order valence-corrected chi connectivity index (χ3v) is 4.09. The van der Waals surface area contributed by atoms with Gasteiger partial charge >= 0.3 is 0 Å². The summed E-state index contributed by atoms with van der Waals surface area (Å²) in [7, 11) is 0. The van der Waals surface area contributed by atoms with Crippen LogP contribution in [0.2, 0.25) is 0 Å². The van der Waals surface area contributed by atoms with Gasteiger partial charge in [0.05, 0.1) is 0 Å². The van der Waals surface area contributed by atoms with Crippen molar-refractivity contribution in [3.63, 3.8) is 0 Å². The van der Waals surface area contributed by atoms with Gasteiger partial charge in [-0.25, -0.2) is 4.98 Å². The number of hydrogen-bond donors (Lipinski definition) is 1. The Morgan fingerprint density at radius 3 is 2.65 bits per heavy atom. The van der Waals surface area contributed by atoms with Gasteiger partial charge in [-0.05, 0) is 37.8 Å². The third kappa shape index (κ3) is 5.73. The van der Waals surface area contributed by atoms with Crippen molar-refractivity contribution in [3.8, 4) is 0 Å². The fourth-order valence-corrected chi connectivity index (χ4v) is 2.80. The van der Waals surface area contributed by atoms with Crippen molar-refractivity contribution in [1.82, 2.24) is 15.2 Å². The Balaban J connectivity index is 1.86. The smallest absolute Gasteiger partial charge is 0.194 e. The highest BCUT2D eigenvalue weighted by Crippen LogP contribution is 2.12. The van der Waals surface area contributed by atoms with Crippen LogP contribution in [0.3, 0.4) is 0 Å². The van der Waals surface area contributed by atoms with E-state index in [-0.39, 0.29) is 0 Å². The van der Waals surface area contributed by atoms with E-state index in [2.05, 4.69) is 53.0 Å². The van der Waals surface area contributed by atoms with Crippen LogP contribution >= 0.6 is 0 Å². The van der Waals surface area contributed by atoms with Crippen LogP contribution in [0.25, 0.3) is 0 Å². The Kier molecular flexibility index (Phi) is 7.17. The first kappa shape index (κ1) is 17.6. The molecule has 0 radical (unpaired) electrons. The zero-order valence-corrected chi connectivity index (χ0v) is 14.8. The van der Waals surface area contributed by atoms with E-state index < -0.39 is 0 Å². The van der Waals surface area contributed by atoms with Crippen molar-refractivity contribution in [2.45, 2.75) is 33.6 Å². The molecule has 0 saturated carbocycles. The molecule has 2 rings (SSSR count). The third-order valence-electron chi connectivity index (χ3n) is 4.09. The number of nitrogens with one attached hydrogen (secondary N) is 1. The van der Waals surface area contributed by atoms with Gasteiger partial charge in [0.1, 0.15) is 5.82 Å². The van der Waals surface area contributed by atoms with E-state index >= 15 is 0 Å². The Morgan fingerprint density at radius 2 is 2.04 bits per heavy atom. The molecule has 23 heavy (non-hydrogen) atoms. The molecule has 1 fully saturated rings. The maximum atomic E-state index is 4.80. The normalized spacial score (nSPS) is 16.1. The number of guanidine groups is 1. The maximum Gasteiger partial charge on any atom is 0.194 e. The summed E-state index contributed by atoms with van der Waals surface area (Å²) in [5, 5.41) is 3.44. The van der Waals surface area contributed by atoms with Crippen LogP contribution in [0.15, 0.2) is 29.4 Å². The molecule has 0 amide bonds. The first-order chi connectivity index (χ1) is 11.2. The Bertz CT molecular complexity index is 464. The van der Waals surface area contributed by atoms with Crippen LogP contribution in [-0.2, 0) is 0 Å². The molecular weight excluding hydrogens is 286 g/mol. The van der Waals surface area contributed by atoms with Crippen molar-refractivity contribution in [3.05, 3.63) is 24.4 Å².